The molecule has 0 saturated carbocycles. The van der Waals surface area contributed by atoms with E-state index < -0.39 is 18.3 Å². The van der Waals surface area contributed by atoms with Gasteiger partial charge in [0.2, 0.25) is 0 Å². The second-order valence-corrected chi connectivity index (χ2v) is 8.25. The van der Waals surface area contributed by atoms with Crippen molar-refractivity contribution >= 4 is 18.5 Å². The highest BCUT2D eigenvalue weighted by Crippen LogP contribution is 2.36. The Morgan fingerprint density at radius 3 is 2.12 bits per heavy atom. The van der Waals surface area contributed by atoms with Gasteiger partial charge in [0.05, 0.1) is 22.8 Å². The van der Waals surface area contributed by atoms with Crippen molar-refractivity contribution < 1.29 is 14.1 Å². The van der Waals surface area contributed by atoms with E-state index in [1.165, 1.54) is 0 Å². The second kappa shape index (κ2) is 5.91. The number of carbonyl (C=O) groups excluding carboxylic acids is 1. The van der Waals surface area contributed by atoms with Crippen molar-refractivity contribution in [3.8, 4) is 6.07 Å². The molecule has 1 aromatic rings. The van der Waals surface area contributed by atoms with Crippen LogP contribution < -0.4 is 10.8 Å². The van der Waals surface area contributed by atoms with Crippen LogP contribution in [0.1, 0.15) is 64.4 Å². The first-order chi connectivity index (χ1) is 10.8. The molecule has 0 aromatic heterocycles. The molecule has 128 valence electrons. The molecule has 1 amide bonds. The zero-order valence-corrected chi connectivity index (χ0v) is 15.5. The van der Waals surface area contributed by atoms with E-state index in [-0.39, 0.29) is 11.4 Å². The van der Waals surface area contributed by atoms with Gasteiger partial charge < -0.3 is 14.6 Å². The topological polar surface area (TPSA) is 71.4 Å². The largest absolute Gasteiger partial charge is 0.494 e. The predicted molar refractivity (Wildman–Crippen MR) is 94.1 cm³/mol. The third-order valence-electron chi connectivity index (χ3n) is 4.36. The first-order valence-corrected chi connectivity index (χ1v) is 8.08. The van der Waals surface area contributed by atoms with Crippen molar-refractivity contribution in [3.63, 3.8) is 0 Å². The van der Waals surface area contributed by atoms with Crippen LogP contribution >= 0.6 is 0 Å². The fourth-order valence-corrected chi connectivity index (χ4v) is 2.38. The lowest BCUT2D eigenvalue weighted by atomic mass is 9.77. The maximum atomic E-state index is 12.4. The highest BCUT2D eigenvalue weighted by molar-refractivity contribution is 6.62. The zero-order valence-electron chi connectivity index (χ0n) is 15.5. The third-order valence-corrected chi connectivity index (χ3v) is 4.36. The Morgan fingerprint density at radius 2 is 1.67 bits per heavy atom. The Bertz CT molecular complexity index is 683. The lowest BCUT2D eigenvalue weighted by Crippen LogP contribution is -2.41. The van der Waals surface area contributed by atoms with Crippen molar-refractivity contribution in [1.29, 1.82) is 5.26 Å². The fraction of sp³-hybridized carbons (Fsp3) is 0.556. The number of benzene rings is 1. The normalized spacial score (nSPS) is 19.0. The summed E-state index contributed by atoms with van der Waals surface area (Å²) in [7, 11) is -0.607. The first-order valence-electron chi connectivity index (χ1n) is 8.08. The molecule has 1 N–H and O–H groups in total. The minimum Gasteiger partial charge on any atom is -0.399 e. The van der Waals surface area contributed by atoms with Crippen LogP contribution in [0.25, 0.3) is 0 Å². The van der Waals surface area contributed by atoms with Crippen LogP contribution in [0.2, 0.25) is 0 Å². The molecule has 1 aromatic carbocycles. The number of hydrogen-bond acceptors (Lipinski definition) is 4. The van der Waals surface area contributed by atoms with Crippen molar-refractivity contribution in [3.05, 3.63) is 29.3 Å². The number of nitriles is 1. The molecule has 24 heavy (non-hydrogen) atoms. The molecule has 0 aliphatic carbocycles. The van der Waals surface area contributed by atoms with Gasteiger partial charge in [-0.2, -0.15) is 5.26 Å². The van der Waals surface area contributed by atoms with E-state index in [1.54, 1.807) is 18.2 Å². The number of nitrogens with zero attached hydrogens (tertiary/aromatic N) is 1. The van der Waals surface area contributed by atoms with Crippen molar-refractivity contribution in [2.75, 3.05) is 0 Å². The van der Waals surface area contributed by atoms with Gasteiger partial charge in [0, 0.05) is 11.1 Å². The molecule has 0 spiro atoms. The highest BCUT2D eigenvalue weighted by atomic mass is 16.7. The monoisotopic (exact) mass is 328 g/mol. The number of carbonyl (C=O) groups is 1. The van der Waals surface area contributed by atoms with Gasteiger partial charge in [0.15, 0.2) is 0 Å². The molecule has 1 aliphatic rings. The smallest absolute Gasteiger partial charge is 0.399 e. The number of nitrogens with one attached hydrogen (secondary N) is 1. The quantitative estimate of drug-likeness (QED) is 0.846. The molecular weight excluding hydrogens is 303 g/mol. The van der Waals surface area contributed by atoms with Crippen LogP contribution in [0.5, 0.6) is 0 Å². The van der Waals surface area contributed by atoms with Gasteiger partial charge in [0.25, 0.3) is 5.91 Å². The van der Waals surface area contributed by atoms with Gasteiger partial charge in [-0.25, -0.2) is 0 Å². The molecule has 0 atom stereocenters. The van der Waals surface area contributed by atoms with Gasteiger partial charge in [0.1, 0.15) is 0 Å². The summed E-state index contributed by atoms with van der Waals surface area (Å²) in [5, 5.41) is 12.2. The van der Waals surface area contributed by atoms with Crippen molar-refractivity contribution in [2.24, 2.45) is 0 Å². The summed E-state index contributed by atoms with van der Waals surface area (Å²) in [6.45, 7) is 13.6. The summed E-state index contributed by atoms with van der Waals surface area (Å²) in [5.74, 6) is -0.225. The highest BCUT2D eigenvalue weighted by Gasteiger charge is 2.51. The van der Waals surface area contributed by atoms with Gasteiger partial charge in [-0.15, -0.1) is 0 Å². The van der Waals surface area contributed by atoms with E-state index in [0.29, 0.717) is 16.6 Å². The van der Waals surface area contributed by atoms with Crippen LogP contribution in [0.15, 0.2) is 18.2 Å². The second-order valence-electron chi connectivity index (χ2n) is 8.25. The molecule has 1 heterocycles. The number of hydrogen-bond donors (Lipinski definition) is 1. The third kappa shape index (κ3) is 3.80. The van der Waals surface area contributed by atoms with E-state index in [4.69, 9.17) is 9.31 Å². The van der Waals surface area contributed by atoms with E-state index >= 15 is 0 Å². The molecule has 5 nitrogen and oxygen atoms in total. The van der Waals surface area contributed by atoms with Crippen LogP contribution in [0.4, 0.5) is 0 Å². The summed E-state index contributed by atoms with van der Waals surface area (Å²) >= 11 is 0. The Kier molecular flexibility index (Phi) is 4.56. The van der Waals surface area contributed by atoms with Gasteiger partial charge in [-0.1, -0.05) is 0 Å². The standard InChI is InChI=1S/C18H25BN2O3/c1-16(2,3)21-15(22)13-8-12(11-20)9-14(10-13)19-23-17(4,5)18(6,7)24-19/h8-10H,1-7H3,(H,21,22). The summed E-state index contributed by atoms with van der Waals surface area (Å²) in [4.78, 5) is 12.4. The summed E-state index contributed by atoms with van der Waals surface area (Å²) in [6, 6.07) is 7.11. The molecular formula is C18H25BN2O3. The lowest BCUT2D eigenvalue weighted by molar-refractivity contribution is 0.00578. The molecule has 1 fully saturated rings. The van der Waals surface area contributed by atoms with Gasteiger partial charge in [-0.05, 0) is 72.1 Å². The molecule has 1 aliphatic heterocycles. The van der Waals surface area contributed by atoms with E-state index in [9.17, 15) is 10.1 Å². The Hall–Kier alpha value is -1.84. The lowest BCUT2D eigenvalue weighted by Gasteiger charge is -2.32. The SMILES string of the molecule is CC(C)(C)NC(=O)c1cc(C#N)cc(B2OC(C)(C)C(C)(C)O2)c1. The molecule has 0 radical (unpaired) electrons. The van der Waals surface area contributed by atoms with Crippen LogP contribution in [-0.4, -0.2) is 29.8 Å². The maximum Gasteiger partial charge on any atom is 0.494 e. The minimum atomic E-state index is -0.607. The van der Waals surface area contributed by atoms with Crippen molar-refractivity contribution in [2.45, 2.75) is 65.2 Å². The number of rotatable bonds is 2. The van der Waals surface area contributed by atoms with Crippen LogP contribution in [0, 0.1) is 11.3 Å². The molecule has 6 heteroatoms. The Labute approximate surface area is 144 Å². The van der Waals surface area contributed by atoms with Gasteiger partial charge in [-0.3, -0.25) is 4.79 Å². The van der Waals surface area contributed by atoms with E-state index in [2.05, 4.69) is 11.4 Å². The Balaban J connectivity index is 2.38. The Morgan fingerprint density at radius 1 is 1.12 bits per heavy atom. The van der Waals surface area contributed by atoms with E-state index in [1.807, 2.05) is 48.5 Å². The zero-order chi connectivity index (χ0) is 18.3. The molecule has 1 saturated heterocycles. The minimum absolute atomic E-state index is 0.225. The maximum absolute atomic E-state index is 12.4. The molecule has 0 unspecified atom stereocenters. The average Bonchev–Trinajstić information content (AvgIpc) is 2.65. The fourth-order valence-electron chi connectivity index (χ4n) is 2.38. The first kappa shape index (κ1) is 18.5. The van der Waals surface area contributed by atoms with Crippen LogP contribution in [0.3, 0.4) is 0 Å². The summed E-state index contributed by atoms with van der Waals surface area (Å²) in [6.07, 6.45) is 0. The van der Waals surface area contributed by atoms with E-state index in [0.717, 1.165) is 0 Å². The summed E-state index contributed by atoms with van der Waals surface area (Å²) in [5.41, 5.74) is 0.189. The summed E-state index contributed by atoms with van der Waals surface area (Å²) < 4.78 is 12.0. The average molecular weight is 328 g/mol. The predicted octanol–water partition coefficient (Wildman–Crippen LogP) is 2.39. The number of amides is 1. The van der Waals surface area contributed by atoms with Crippen LogP contribution in [-0.2, 0) is 9.31 Å². The van der Waals surface area contributed by atoms with Crippen molar-refractivity contribution in [1.82, 2.24) is 5.32 Å². The molecule has 0 bridgehead atoms. The van der Waals surface area contributed by atoms with Gasteiger partial charge >= 0.3 is 7.12 Å². The molecule has 2 rings (SSSR count).